The van der Waals surface area contributed by atoms with Gasteiger partial charge < -0.3 is 15.2 Å². The number of thioether (sulfide) groups is 1. The monoisotopic (exact) mass is 499 g/mol. The van der Waals surface area contributed by atoms with E-state index in [1.165, 1.54) is 24.2 Å². The minimum atomic E-state index is 0. The quantitative estimate of drug-likeness (QED) is 0.345. The maximum Gasteiger partial charge on any atom is 0.191 e. The highest BCUT2D eigenvalue weighted by molar-refractivity contribution is 14.0. The van der Waals surface area contributed by atoms with Gasteiger partial charge in [-0.25, -0.2) is 9.98 Å². The fourth-order valence-electron chi connectivity index (χ4n) is 3.15. The van der Waals surface area contributed by atoms with Crippen LogP contribution in [0.1, 0.15) is 38.1 Å². The number of benzene rings is 1. The molecule has 1 aliphatic heterocycles. The van der Waals surface area contributed by atoms with Crippen molar-refractivity contribution in [2.45, 2.75) is 44.5 Å². The van der Waals surface area contributed by atoms with Crippen LogP contribution in [0.25, 0.3) is 0 Å². The molecule has 2 N–H and O–H groups in total. The van der Waals surface area contributed by atoms with Gasteiger partial charge in [0.05, 0.1) is 0 Å². The summed E-state index contributed by atoms with van der Waals surface area (Å²) >= 11 is 2.06. The van der Waals surface area contributed by atoms with Crippen LogP contribution < -0.4 is 10.6 Å². The first-order chi connectivity index (χ1) is 12.7. The summed E-state index contributed by atoms with van der Waals surface area (Å²) in [4.78, 5) is 9.24. The molecule has 1 atom stereocenters. The number of hydrogen-bond acceptors (Lipinski definition) is 3. The van der Waals surface area contributed by atoms with Gasteiger partial charge in [0.15, 0.2) is 5.96 Å². The summed E-state index contributed by atoms with van der Waals surface area (Å²) in [5.74, 6) is 3.12. The Morgan fingerprint density at radius 1 is 1.30 bits per heavy atom. The van der Waals surface area contributed by atoms with Crippen molar-refractivity contribution < 1.29 is 0 Å². The second-order valence-corrected chi connectivity index (χ2v) is 8.59. The van der Waals surface area contributed by atoms with Gasteiger partial charge in [0.25, 0.3) is 0 Å². The molecule has 0 radical (unpaired) electrons. The molecular weight excluding hydrogens is 469 g/mol. The van der Waals surface area contributed by atoms with E-state index in [0.717, 1.165) is 31.4 Å². The lowest BCUT2D eigenvalue weighted by atomic mass is 10.1. The molecule has 148 valence electrons. The van der Waals surface area contributed by atoms with E-state index in [4.69, 9.17) is 4.99 Å². The van der Waals surface area contributed by atoms with Crippen molar-refractivity contribution in [3.05, 3.63) is 54.1 Å². The second-order valence-electron chi connectivity index (χ2n) is 6.91. The molecule has 1 aromatic heterocycles. The summed E-state index contributed by atoms with van der Waals surface area (Å²) < 4.78 is 2.48. The molecule has 2 aromatic rings. The lowest BCUT2D eigenvalue weighted by Gasteiger charge is -2.24. The van der Waals surface area contributed by atoms with E-state index >= 15 is 0 Å². The first-order valence-electron chi connectivity index (χ1n) is 9.38. The van der Waals surface area contributed by atoms with Crippen molar-refractivity contribution in [3.63, 3.8) is 0 Å². The number of nitrogens with one attached hydrogen (secondary N) is 2. The van der Waals surface area contributed by atoms with Crippen LogP contribution in [0.5, 0.6) is 0 Å². The molecule has 1 saturated heterocycles. The van der Waals surface area contributed by atoms with E-state index in [0.29, 0.717) is 11.3 Å². The summed E-state index contributed by atoms with van der Waals surface area (Å²) in [5.41, 5.74) is 1.27. The zero-order chi connectivity index (χ0) is 18.2. The maximum absolute atomic E-state index is 4.75. The smallest absolute Gasteiger partial charge is 0.191 e. The van der Waals surface area contributed by atoms with Gasteiger partial charge in [0.2, 0.25) is 0 Å². The van der Waals surface area contributed by atoms with Crippen LogP contribution in [0.3, 0.4) is 0 Å². The number of hydrogen-bond donors (Lipinski definition) is 2. The van der Waals surface area contributed by atoms with Crippen molar-refractivity contribution in [2.75, 3.05) is 18.8 Å². The highest BCUT2D eigenvalue weighted by atomic mass is 127. The third-order valence-corrected chi connectivity index (χ3v) is 6.19. The average Bonchev–Trinajstić information content (AvgIpc) is 3.28. The van der Waals surface area contributed by atoms with Gasteiger partial charge in [-0.3, -0.25) is 0 Å². The molecule has 1 unspecified atom stereocenters. The molecule has 0 aliphatic carbocycles. The minimum Gasteiger partial charge on any atom is -0.357 e. The molecule has 27 heavy (non-hydrogen) atoms. The molecule has 1 aliphatic rings. The van der Waals surface area contributed by atoms with Gasteiger partial charge >= 0.3 is 0 Å². The van der Waals surface area contributed by atoms with E-state index in [2.05, 4.69) is 70.1 Å². The van der Waals surface area contributed by atoms with Crippen LogP contribution in [0.4, 0.5) is 0 Å². The topological polar surface area (TPSA) is 54.2 Å². The van der Waals surface area contributed by atoms with E-state index in [9.17, 15) is 0 Å². The molecule has 3 rings (SSSR count). The van der Waals surface area contributed by atoms with E-state index in [-0.39, 0.29) is 24.0 Å². The summed E-state index contributed by atoms with van der Waals surface area (Å²) in [6.07, 6.45) is 6.46. The highest BCUT2D eigenvalue weighted by Crippen LogP contribution is 2.36. The SMILES string of the molecule is CCNC(=NCc1nccn1Cc1ccccc1)NCC1(C)CCCS1.I. The standard InChI is InChI=1S/C20H29N5S.HI/c1-3-21-19(24-16-20(2)10-7-13-26-20)23-14-18-22-11-12-25(18)15-17-8-5-4-6-9-17;/h4-6,8-9,11-12H,3,7,10,13-16H2,1-2H3,(H2,21,23,24);1H. The van der Waals surface area contributed by atoms with Gasteiger partial charge in [0, 0.05) is 36.8 Å². The van der Waals surface area contributed by atoms with Crippen LogP contribution in [0.15, 0.2) is 47.7 Å². The van der Waals surface area contributed by atoms with Crippen LogP contribution in [-0.4, -0.2) is 39.1 Å². The molecule has 1 aromatic carbocycles. The average molecular weight is 499 g/mol. The van der Waals surface area contributed by atoms with Gasteiger partial charge in [0.1, 0.15) is 12.4 Å². The Morgan fingerprint density at radius 2 is 2.11 bits per heavy atom. The van der Waals surface area contributed by atoms with Crippen LogP contribution in [0, 0.1) is 0 Å². The van der Waals surface area contributed by atoms with Gasteiger partial charge in [-0.15, -0.1) is 24.0 Å². The Bertz CT molecular complexity index is 710. The molecule has 7 heteroatoms. The molecular formula is C20H30IN5S. The van der Waals surface area contributed by atoms with Crippen molar-refractivity contribution in [3.8, 4) is 0 Å². The van der Waals surface area contributed by atoms with Gasteiger partial charge in [-0.05, 0) is 38.0 Å². The molecule has 0 spiro atoms. The lowest BCUT2D eigenvalue weighted by molar-refractivity contribution is 0.584. The normalized spacial score (nSPS) is 19.6. The predicted octanol–water partition coefficient (Wildman–Crippen LogP) is 3.89. The Morgan fingerprint density at radius 3 is 2.81 bits per heavy atom. The van der Waals surface area contributed by atoms with E-state index < -0.39 is 0 Å². The third-order valence-electron chi connectivity index (χ3n) is 4.65. The first-order valence-corrected chi connectivity index (χ1v) is 10.4. The highest BCUT2D eigenvalue weighted by Gasteiger charge is 2.29. The molecule has 0 saturated carbocycles. The summed E-state index contributed by atoms with van der Waals surface area (Å²) in [6, 6.07) is 10.5. The number of guanidine groups is 1. The Balaban J connectivity index is 0.00000261. The number of imidazole rings is 1. The minimum absolute atomic E-state index is 0. The van der Waals surface area contributed by atoms with Crippen molar-refractivity contribution >= 4 is 41.7 Å². The van der Waals surface area contributed by atoms with Crippen molar-refractivity contribution in [2.24, 2.45) is 4.99 Å². The molecule has 2 heterocycles. The predicted molar refractivity (Wildman–Crippen MR) is 126 cm³/mol. The summed E-state index contributed by atoms with van der Waals surface area (Å²) in [5, 5.41) is 6.86. The van der Waals surface area contributed by atoms with Crippen LogP contribution in [0.2, 0.25) is 0 Å². The summed E-state index contributed by atoms with van der Waals surface area (Å²) in [6.45, 7) is 7.63. The van der Waals surface area contributed by atoms with E-state index in [1.54, 1.807) is 0 Å². The zero-order valence-corrected chi connectivity index (χ0v) is 19.3. The first kappa shape index (κ1) is 22.1. The lowest BCUT2D eigenvalue weighted by Crippen LogP contribution is -2.43. The van der Waals surface area contributed by atoms with E-state index in [1.807, 2.05) is 18.5 Å². The van der Waals surface area contributed by atoms with Crippen molar-refractivity contribution in [1.29, 1.82) is 0 Å². The maximum atomic E-state index is 4.75. The number of nitrogens with zero attached hydrogens (tertiary/aromatic N) is 3. The fraction of sp³-hybridized carbons (Fsp3) is 0.500. The molecule has 5 nitrogen and oxygen atoms in total. The van der Waals surface area contributed by atoms with Gasteiger partial charge in [-0.2, -0.15) is 11.8 Å². The van der Waals surface area contributed by atoms with Crippen LogP contribution in [-0.2, 0) is 13.1 Å². The molecule has 0 amide bonds. The zero-order valence-electron chi connectivity index (χ0n) is 16.1. The van der Waals surface area contributed by atoms with Crippen molar-refractivity contribution in [1.82, 2.24) is 20.2 Å². The largest absolute Gasteiger partial charge is 0.357 e. The Hall–Kier alpha value is -1.22. The molecule has 0 bridgehead atoms. The Labute approximate surface area is 183 Å². The Kier molecular flexibility index (Phi) is 8.95. The fourth-order valence-corrected chi connectivity index (χ4v) is 4.40. The van der Waals surface area contributed by atoms with Crippen LogP contribution >= 0.6 is 35.7 Å². The second kappa shape index (κ2) is 10.9. The van der Waals surface area contributed by atoms with Gasteiger partial charge in [-0.1, -0.05) is 30.3 Å². The number of halogens is 1. The number of aromatic nitrogens is 2. The molecule has 1 fully saturated rings. The number of rotatable bonds is 7. The number of aliphatic imine (C=N–C) groups is 1. The summed E-state index contributed by atoms with van der Waals surface area (Å²) in [7, 11) is 0. The third kappa shape index (κ3) is 6.71.